The van der Waals surface area contributed by atoms with Gasteiger partial charge >= 0.3 is 0 Å². The largest absolute Gasteiger partial charge is 0.485 e. The normalized spacial score (nSPS) is 17.5. The van der Waals surface area contributed by atoms with Gasteiger partial charge in [-0.25, -0.2) is 0 Å². The van der Waals surface area contributed by atoms with Crippen LogP contribution in [0.3, 0.4) is 0 Å². The zero-order valence-electron chi connectivity index (χ0n) is 28.0. The Morgan fingerprint density at radius 1 is 0.608 bits per heavy atom. The van der Waals surface area contributed by atoms with Gasteiger partial charge in [0.25, 0.3) is 0 Å². The molecule has 3 nitrogen and oxygen atoms in total. The van der Waals surface area contributed by atoms with Crippen LogP contribution in [0.15, 0.2) is 177 Å². The number of nitrogens with zero attached hydrogens (tertiary/aromatic N) is 2. The molecule has 1 aromatic heterocycles. The minimum Gasteiger partial charge on any atom is -0.485 e. The molecule has 1 aliphatic carbocycles. The second-order valence-electron chi connectivity index (χ2n) is 13.4. The molecule has 0 unspecified atom stereocenters. The van der Waals surface area contributed by atoms with Crippen molar-refractivity contribution in [3.63, 3.8) is 0 Å². The van der Waals surface area contributed by atoms with Gasteiger partial charge in [0.05, 0.1) is 16.9 Å². The van der Waals surface area contributed by atoms with Crippen molar-refractivity contribution in [1.29, 1.82) is 0 Å². The summed E-state index contributed by atoms with van der Waals surface area (Å²) in [5.74, 6) is 0.958. The SMILES string of the molecule is C=C1/C=C(c2ccc3c(c2)c2c(n3-c3ccccc3)C=C3C[C@@H]2Oc2ccccc23)\C=C/N(c2cccc(-c3ccccc3)c2)c2ccccc21. The Balaban J connectivity index is 1.13. The van der Waals surface area contributed by atoms with Crippen LogP contribution in [-0.4, -0.2) is 4.57 Å². The fraction of sp³-hybridized carbons (Fsp3) is 0.0417. The minimum atomic E-state index is -0.0614. The third kappa shape index (κ3) is 4.89. The molecule has 2 aliphatic heterocycles. The lowest BCUT2D eigenvalue weighted by molar-refractivity contribution is 0.202. The van der Waals surface area contributed by atoms with Crippen LogP contribution in [0.4, 0.5) is 11.4 Å². The molecule has 10 rings (SSSR count). The number of anilines is 2. The van der Waals surface area contributed by atoms with Crippen molar-refractivity contribution < 1.29 is 4.74 Å². The standard InChI is InChI=1S/C48H34N2O/c1-32-27-36(25-26-49(43-21-10-8-19-40(32)43)39-18-12-15-34(28-39)33-13-4-2-5-14-33)35-23-24-44-42(29-35)48-45(50(44)38-16-6-3-7-17-38)30-37-31-47(48)51-46-22-11-9-20-41(37)46/h2-30,47H,1,31H2/b26-25-,36-27+/t47-/m0/s1. The van der Waals surface area contributed by atoms with Gasteiger partial charge in [-0.05, 0) is 100 Å². The molecule has 0 saturated carbocycles. The predicted octanol–water partition coefficient (Wildman–Crippen LogP) is 12.4. The van der Waals surface area contributed by atoms with E-state index in [9.17, 15) is 0 Å². The Bertz CT molecular complexity index is 2600. The summed E-state index contributed by atoms with van der Waals surface area (Å²) in [5.41, 5.74) is 16.1. The van der Waals surface area contributed by atoms with E-state index in [-0.39, 0.29) is 6.10 Å². The molecule has 0 spiro atoms. The Kier molecular flexibility index (Phi) is 6.78. The van der Waals surface area contributed by atoms with Crippen molar-refractivity contribution in [2.24, 2.45) is 0 Å². The monoisotopic (exact) mass is 654 g/mol. The van der Waals surface area contributed by atoms with Crippen molar-refractivity contribution in [2.45, 2.75) is 12.5 Å². The van der Waals surface area contributed by atoms with Gasteiger partial charge in [0.2, 0.25) is 0 Å². The van der Waals surface area contributed by atoms with E-state index in [2.05, 4.69) is 192 Å². The van der Waals surface area contributed by atoms with Crippen LogP contribution in [0.2, 0.25) is 0 Å². The van der Waals surface area contributed by atoms with Crippen LogP contribution in [0.1, 0.15) is 40.5 Å². The lowest BCUT2D eigenvalue weighted by Gasteiger charge is -2.32. The molecule has 0 saturated heterocycles. The van der Waals surface area contributed by atoms with E-state index in [0.29, 0.717) is 0 Å². The van der Waals surface area contributed by atoms with Crippen molar-refractivity contribution in [3.05, 3.63) is 205 Å². The molecule has 0 fully saturated rings. The van der Waals surface area contributed by atoms with E-state index in [4.69, 9.17) is 4.74 Å². The van der Waals surface area contributed by atoms with Crippen LogP contribution in [0.25, 0.3) is 50.5 Å². The van der Waals surface area contributed by atoms with Crippen LogP contribution in [0, 0.1) is 0 Å². The van der Waals surface area contributed by atoms with Crippen molar-refractivity contribution in [1.82, 2.24) is 4.57 Å². The highest BCUT2D eigenvalue weighted by Gasteiger charge is 2.34. The summed E-state index contributed by atoms with van der Waals surface area (Å²) >= 11 is 0. The van der Waals surface area contributed by atoms with Gasteiger partial charge in [-0.3, -0.25) is 0 Å². The summed E-state index contributed by atoms with van der Waals surface area (Å²) in [6.07, 6.45) is 9.83. The smallest absolute Gasteiger partial charge is 0.130 e. The Morgan fingerprint density at radius 3 is 2.20 bits per heavy atom. The average Bonchev–Trinajstić information content (AvgIpc) is 3.51. The molecular formula is C48H34N2O. The number of aromatic nitrogens is 1. The quantitative estimate of drug-likeness (QED) is 0.188. The maximum absolute atomic E-state index is 6.77. The van der Waals surface area contributed by atoms with Gasteiger partial charge in [0.15, 0.2) is 0 Å². The molecule has 3 heterocycles. The fourth-order valence-corrected chi connectivity index (χ4v) is 8.03. The minimum absolute atomic E-state index is 0.0614. The molecule has 7 aromatic rings. The highest BCUT2D eigenvalue weighted by atomic mass is 16.5. The number of hydrogen-bond acceptors (Lipinski definition) is 2. The molecule has 0 radical (unpaired) electrons. The summed E-state index contributed by atoms with van der Waals surface area (Å²) < 4.78 is 9.17. The van der Waals surface area contributed by atoms with Crippen molar-refractivity contribution >= 4 is 45.1 Å². The van der Waals surface area contributed by atoms with Crippen molar-refractivity contribution in [2.75, 3.05) is 4.90 Å². The Morgan fingerprint density at radius 2 is 1.33 bits per heavy atom. The van der Waals surface area contributed by atoms with Gasteiger partial charge in [-0.15, -0.1) is 0 Å². The summed E-state index contributed by atoms with van der Waals surface area (Å²) in [6.45, 7) is 4.60. The Labute approximate surface area is 298 Å². The number of hydrogen-bond donors (Lipinski definition) is 0. The zero-order chi connectivity index (χ0) is 33.9. The lowest BCUT2D eigenvalue weighted by Crippen LogP contribution is -2.18. The van der Waals surface area contributed by atoms with E-state index in [1.807, 2.05) is 0 Å². The lowest BCUT2D eigenvalue weighted by atomic mass is 9.85. The highest BCUT2D eigenvalue weighted by molar-refractivity contribution is 6.00. The molecule has 51 heavy (non-hydrogen) atoms. The maximum atomic E-state index is 6.77. The molecule has 6 aromatic carbocycles. The third-order valence-corrected chi connectivity index (χ3v) is 10.4. The van der Waals surface area contributed by atoms with Crippen molar-refractivity contribution in [3.8, 4) is 22.6 Å². The Hall–Kier alpha value is -6.58. The first-order valence-corrected chi connectivity index (χ1v) is 17.5. The van der Waals surface area contributed by atoms with Gasteiger partial charge in [-0.1, -0.05) is 110 Å². The summed E-state index contributed by atoms with van der Waals surface area (Å²) in [4.78, 5) is 2.28. The number of rotatable bonds is 4. The summed E-state index contributed by atoms with van der Waals surface area (Å²) in [7, 11) is 0. The third-order valence-electron chi connectivity index (χ3n) is 10.4. The first kappa shape index (κ1) is 29.3. The van der Waals surface area contributed by atoms with Gasteiger partial charge in [-0.2, -0.15) is 0 Å². The molecule has 3 heteroatoms. The van der Waals surface area contributed by atoms with E-state index in [1.54, 1.807) is 0 Å². The van der Waals surface area contributed by atoms with Gasteiger partial charge in [0.1, 0.15) is 11.9 Å². The van der Waals surface area contributed by atoms with Crippen LogP contribution < -0.4 is 9.64 Å². The fourth-order valence-electron chi connectivity index (χ4n) is 8.03. The maximum Gasteiger partial charge on any atom is 0.130 e. The zero-order valence-corrected chi connectivity index (χ0v) is 28.0. The molecule has 2 bridgehead atoms. The molecule has 3 aliphatic rings. The van der Waals surface area contributed by atoms with E-state index >= 15 is 0 Å². The van der Waals surface area contributed by atoms with E-state index < -0.39 is 0 Å². The van der Waals surface area contributed by atoms with Gasteiger partial charge in [0, 0.05) is 46.1 Å². The summed E-state index contributed by atoms with van der Waals surface area (Å²) in [5, 5.41) is 1.21. The predicted molar refractivity (Wildman–Crippen MR) is 212 cm³/mol. The number of fused-ring (bicyclic) bond motifs is 9. The number of benzene rings is 6. The topological polar surface area (TPSA) is 17.4 Å². The summed E-state index contributed by atoms with van der Waals surface area (Å²) in [6, 6.07) is 53.8. The number of para-hydroxylation sites is 3. The second-order valence-corrected chi connectivity index (χ2v) is 13.4. The molecule has 0 N–H and O–H groups in total. The highest BCUT2D eigenvalue weighted by Crippen LogP contribution is 2.50. The number of ether oxygens (including phenoxy) is 1. The second kappa shape index (κ2) is 11.8. The molecular weight excluding hydrogens is 621 g/mol. The molecule has 242 valence electrons. The van der Waals surface area contributed by atoms with Crippen LogP contribution in [0.5, 0.6) is 5.75 Å². The molecule has 1 atom stereocenters. The first-order valence-electron chi connectivity index (χ1n) is 17.5. The van der Waals surface area contributed by atoms with E-state index in [0.717, 1.165) is 51.5 Å². The molecule has 0 amide bonds. The average molecular weight is 655 g/mol. The van der Waals surface area contributed by atoms with E-state index in [1.165, 1.54) is 44.4 Å². The van der Waals surface area contributed by atoms with Gasteiger partial charge < -0.3 is 14.2 Å². The number of allylic oxidation sites excluding steroid dienone is 4. The van der Waals surface area contributed by atoms with Crippen LogP contribution in [-0.2, 0) is 0 Å². The first-order chi connectivity index (χ1) is 25.2. The van der Waals surface area contributed by atoms with Crippen LogP contribution >= 0.6 is 0 Å².